The van der Waals surface area contributed by atoms with E-state index >= 15 is 0 Å². The van der Waals surface area contributed by atoms with Crippen molar-refractivity contribution in [1.82, 2.24) is 9.80 Å². The molecule has 0 aromatic heterocycles. The molecule has 230 valence electrons. The average molecular weight is 685 g/mol. The zero-order valence-corrected chi connectivity index (χ0v) is 27.7. The van der Waals surface area contributed by atoms with Crippen molar-refractivity contribution in [3.63, 3.8) is 0 Å². The molecule has 2 rings (SSSR count). The Hall–Kier alpha value is -2.45. The summed E-state index contributed by atoms with van der Waals surface area (Å²) in [4.78, 5) is 75.3. The van der Waals surface area contributed by atoms with E-state index in [4.69, 9.17) is 18.9 Å². The highest BCUT2D eigenvalue weighted by molar-refractivity contribution is 14.1. The quantitative estimate of drug-likeness (QED) is 0.178. The third-order valence-electron chi connectivity index (χ3n) is 5.32. The molecule has 2 heterocycles. The Bertz CT molecular complexity index is 937. The third kappa shape index (κ3) is 11.2. The van der Waals surface area contributed by atoms with Gasteiger partial charge in [-0.15, -0.1) is 0 Å². The molecule has 0 saturated carbocycles. The Balaban J connectivity index is 0.000000719. The van der Waals surface area contributed by atoms with Gasteiger partial charge in [0.2, 0.25) is 11.8 Å². The highest BCUT2D eigenvalue weighted by atomic mass is 127. The molecule has 4 amide bonds. The summed E-state index contributed by atoms with van der Waals surface area (Å²) in [6.07, 6.45) is -0.905. The molecule has 0 bridgehead atoms. The molecule has 0 aliphatic carbocycles. The number of hydrogen-bond acceptors (Lipinski definition) is 10. The van der Waals surface area contributed by atoms with Crippen LogP contribution in [0.4, 0.5) is 9.59 Å². The molecule has 0 aromatic rings. The van der Waals surface area contributed by atoms with E-state index in [2.05, 4.69) is 22.6 Å². The molecule has 2 saturated heterocycles. The fourth-order valence-electron chi connectivity index (χ4n) is 3.76. The van der Waals surface area contributed by atoms with Gasteiger partial charge in [0.25, 0.3) is 0 Å². The predicted octanol–water partition coefficient (Wildman–Crippen LogP) is 4.64. The summed E-state index contributed by atoms with van der Waals surface area (Å²) in [7, 11) is 0. The number of likely N-dealkylation sites (tertiary alicyclic amines) is 2. The molecular formula is C27H45IN2O10. The summed E-state index contributed by atoms with van der Waals surface area (Å²) in [6.45, 7) is 17.4. The van der Waals surface area contributed by atoms with Gasteiger partial charge in [0.05, 0.1) is 13.2 Å². The number of hydrogen-bond donors (Lipinski definition) is 0. The van der Waals surface area contributed by atoms with Crippen molar-refractivity contribution in [2.75, 3.05) is 18.1 Å². The van der Waals surface area contributed by atoms with Crippen molar-refractivity contribution in [2.24, 2.45) is 5.41 Å². The number of carbonyl (C=O) groups is 6. The Kier molecular flexibility index (Phi) is 14.6. The Morgan fingerprint density at radius 1 is 0.800 bits per heavy atom. The van der Waals surface area contributed by atoms with Gasteiger partial charge in [-0.25, -0.2) is 29.0 Å². The number of imide groups is 2. The number of carbonyl (C=O) groups excluding carboxylic acids is 6. The zero-order valence-electron chi connectivity index (χ0n) is 25.5. The fourth-order valence-corrected chi connectivity index (χ4v) is 3.76. The molecule has 2 atom stereocenters. The van der Waals surface area contributed by atoms with Crippen LogP contribution in [0.15, 0.2) is 0 Å². The molecule has 13 heteroatoms. The number of ether oxygens (including phenoxy) is 4. The smallest absolute Gasteiger partial charge is 0.417 e. The summed E-state index contributed by atoms with van der Waals surface area (Å²) < 4.78 is 20.1. The van der Waals surface area contributed by atoms with Crippen LogP contribution in [0.3, 0.4) is 0 Å². The zero-order chi connectivity index (χ0) is 31.6. The Labute approximate surface area is 250 Å². The van der Waals surface area contributed by atoms with E-state index in [1.807, 2.05) is 4.93 Å². The standard InChI is InChI=1S/C14H23NO5.C12H19NO5.CH3I/c1-7-19-10(16)9-8-14(5,6)11(17)15(9)12(18)20-13(2,3)4;1-5-17-10(15)8-6-7-9(14)13(8)11(16)18-12(2,3)4;1-2/h9H,7-8H2,1-6H3;8H,5-7H2,1-4H3;1H3/t9-;8-;/m00./s1. The molecule has 40 heavy (non-hydrogen) atoms. The minimum absolute atomic E-state index is 0.155. The van der Waals surface area contributed by atoms with E-state index < -0.39 is 64.6 Å². The van der Waals surface area contributed by atoms with Gasteiger partial charge in [-0.3, -0.25) is 9.59 Å². The van der Waals surface area contributed by atoms with Crippen LogP contribution in [0, 0.1) is 5.41 Å². The van der Waals surface area contributed by atoms with Crippen LogP contribution in [-0.2, 0) is 38.1 Å². The normalized spacial score (nSPS) is 20.0. The first-order valence-corrected chi connectivity index (χ1v) is 15.2. The van der Waals surface area contributed by atoms with Crippen molar-refractivity contribution < 1.29 is 47.7 Å². The first-order chi connectivity index (χ1) is 18.3. The molecule has 0 spiro atoms. The van der Waals surface area contributed by atoms with Gasteiger partial charge in [-0.05, 0) is 73.2 Å². The third-order valence-corrected chi connectivity index (χ3v) is 5.32. The van der Waals surface area contributed by atoms with Crippen molar-refractivity contribution in [2.45, 2.75) is 112 Å². The van der Waals surface area contributed by atoms with E-state index in [0.717, 1.165) is 9.80 Å². The monoisotopic (exact) mass is 684 g/mol. The van der Waals surface area contributed by atoms with Crippen LogP contribution < -0.4 is 0 Å². The minimum Gasteiger partial charge on any atom is -0.464 e. The fraction of sp³-hybridized carbons (Fsp3) is 0.778. The maximum Gasteiger partial charge on any atom is 0.417 e. The van der Waals surface area contributed by atoms with Gasteiger partial charge < -0.3 is 18.9 Å². The van der Waals surface area contributed by atoms with E-state index in [9.17, 15) is 28.8 Å². The SMILES string of the molecule is CCOC(=O)[C@@H]1CC(C)(C)C(=O)N1C(=O)OC(C)(C)C.CCOC(=O)[C@@H]1CCC(=O)N1C(=O)OC(C)(C)C.CI. The summed E-state index contributed by atoms with van der Waals surface area (Å²) in [5, 5.41) is 0. The van der Waals surface area contributed by atoms with E-state index in [-0.39, 0.29) is 32.5 Å². The van der Waals surface area contributed by atoms with Crippen LogP contribution in [0.1, 0.15) is 88.5 Å². The molecule has 2 aliphatic heterocycles. The van der Waals surface area contributed by atoms with Crippen LogP contribution >= 0.6 is 22.6 Å². The number of nitrogens with zero attached hydrogens (tertiary/aromatic N) is 2. The van der Waals surface area contributed by atoms with E-state index in [0.29, 0.717) is 0 Å². The van der Waals surface area contributed by atoms with Crippen molar-refractivity contribution in [3.8, 4) is 0 Å². The summed E-state index contributed by atoms with van der Waals surface area (Å²) >= 11 is 2.15. The average Bonchev–Trinajstić information content (AvgIpc) is 3.30. The second-order valence-corrected chi connectivity index (χ2v) is 11.6. The van der Waals surface area contributed by atoms with Gasteiger partial charge in [0.15, 0.2) is 0 Å². The van der Waals surface area contributed by atoms with Crippen molar-refractivity contribution in [3.05, 3.63) is 0 Å². The lowest BCUT2D eigenvalue weighted by Crippen LogP contribution is -2.46. The maximum absolute atomic E-state index is 12.3. The van der Waals surface area contributed by atoms with Crippen LogP contribution in [0.5, 0.6) is 0 Å². The molecular weight excluding hydrogens is 639 g/mol. The molecule has 12 nitrogen and oxygen atoms in total. The number of rotatable bonds is 4. The van der Waals surface area contributed by atoms with Gasteiger partial charge in [0.1, 0.15) is 23.3 Å². The summed E-state index contributed by atoms with van der Waals surface area (Å²) in [5.41, 5.74) is -2.23. The minimum atomic E-state index is -0.910. The maximum atomic E-state index is 12.3. The summed E-state index contributed by atoms with van der Waals surface area (Å²) in [5.74, 6) is -1.95. The van der Waals surface area contributed by atoms with Gasteiger partial charge in [-0.1, -0.05) is 36.4 Å². The number of halogens is 1. The van der Waals surface area contributed by atoms with Crippen LogP contribution in [0.25, 0.3) is 0 Å². The highest BCUT2D eigenvalue weighted by Crippen LogP contribution is 2.37. The number of amides is 4. The second kappa shape index (κ2) is 15.5. The van der Waals surface area contributed by atoms with Crippen LogP contribution in [-0.4, -0.2) is 87.2 Å². The highest BCUT2D eigenvalue weighted by Gasteiger charge is 2.53. The topological polar surface area (TPSA) is 146 Å². The Morgan fingerprint density at radius 3 is 1.60 bits per heavy atom. The molecule has 2 aliphatic rings. The first kappa shape index (κ1) is 37.6. The van der Waals surface area contributed by atoms with E-state index in [1.165, 1.54) is 0 Å². The number of esters is 2. The van der Waals surface area contributed by atoms with Gasteiger partial charge in [-0.2, -0.15) is 0 Å². The predicted molar refractivity (Wildman–Crippen MR) is 155 cm³/mol. The first-order valence-electron chi connectivity index (χ1n) is 13.1. The largest absolute Gasteiger partial charge is 0.464 e. The lowest BCUT2D eigenvalue weighted by Gasteiger charge is -2.26. The lowest BCUT2D eigenvalue weighted by molar-refractivity contribution is -0.151. The van der Waals surface area contributed by atoms with Crippen LogP contribution in [0.2, 0.25) is 0 Å². The van der Waals surface area contributed by atoms with E-state index in [1.54, 1.807) is 69.2 Å². The lowest BCUT2D eigenvalue weighted by atomic mass is 9.90. The second-order valence-electron chi connectivity index (χ2n) is 11.6. The van der Waals surface area contributed by atoms with Crippen molar-refractivity contribution in [1.29, 1.82) is 0 Å². The molecule has 0 N–H and O–H groups in total. The molecule has 2 fully saturated rings. The van der Waals surface area contributed by atoms with Crippen molar-refractivity contribution >= 4 is 58.5 Å². The molecule has 0 aromatic carbocycles. The Morgan fingerprint density at radius 2 is 1.20 bits per heavy atom. The van der Waals surface area contributed by atoms with Gasteiger partial charge in [0, 0.05) is 11.8 Å². The summed E-state index contributed by atoms with van der Waals surface area (Å²) in [6, 6.07) is -1.76. The molecule has 0 unspecified atom stereocenters. The number of alkyl halides is 1. The van der Waals surface area contributed by atoms with Gasteiger partial charge >= 0.3 is 24.1 Å². The molecule has 0 radical (unpaired) electrons.